The maximum atomic E-state index is 9.00. The number of hydrogen-bond acceptors (Lipinski definition) is 4. The van der Waals surface area contributed by atoms with Crippen LogP contribution in [0.25, 0.3) is 0 Å². The van der Waals surface area contributed by atoms with E-state index in [-0.39, 0.29) is 11.9 Å². The number of aliphatic hydroxyl groups is 1. The van der Waals surface area contributed by atoms with Crippen LogP contribution in [0.2, 0.25) is 0 Å². The van der Waals surface area contributed by atoms with Gasteiger partial charge in [-0.2, -0.15) is 11.8 Å². The molecule has 1 aliphatic rings. The normalized spacial score (nSPS) is 15.7. The van der Waals surface area contributed by atoms with Crippen molar-refractivity contribution >= 4 is 27.7 Å². The van der Waals surface area contributed by atoms with Crippen molar-refractivity contribution in [1.29, 1.82) is 0 Å². The molecule has 0 saturated carbocycles. The third kappa shape index (κ3) is 3.30. The molecule has 94 valence electrons. The highest BCUT2D eigenvalue weighted by atomic mass is 79.9. The third-order valence-corrected chi connectivity index (χ3v) is 4.43. The molecule has 1 aromatic carbocycles. The lowest BCUT2D eigenvalue weighted by Gasteiger charge is -2.20. The molecule has 1 heterocycles. The first-order valence-electron chi connectivity index (χ1n) is 5.51. The minimum absolute atomic E-state index is 0.201. The number of aliphatic hydroxyl groups excluding tert-OH is 1. The molecule has 5 heteroatoms. The average Bonchev–Trinajstić information content (AvgIpc) is 2.35. The summed E-state index contributed by atoms with van der Waals surface area (Å²) in [6, 6.07) is 3.96. The quantitative estimate of drug-likeness (QED) is 0.926. The van der Waals surface area contributed by atoms with Gasteiger partial charge in [-0.15, -0.1) is 0 Å². The molecular weight excluding hydrogens is 304 g/mol. The lowest BCUT2D eigenvalue weighted by molar-refractivity contribution is 0.171. The van der Waals surface area contributed by atoms with E-state index in [9.17, 15) is 0 Å². The van der Waals surface area contributed by atoms with Gasteiger partial charge in [0.1, 0.15) is 13.2 Å². The van der Waals surface area contributed by atoms with Crippen LogP contribution in [0.1, 0.15) is 12.5 Å². The molecule has 0 aromatic heterocycles. The van der Waals surface area contributed by atoms with E-state index in [0.29, 0.717) is 13.2 Å². The molecule has 0 amide bonds. The number of hydrogen-bond donors (Lipinski definition) is 1. The highest BCUT2D eigenvalue weighted by Gasteiger charge is 2.15. The third-order valence-electron chi connectivity index (χ3n) is 2.49. The van der Waals surface area contributed by atoms with Crippen LogP contribution in [0.4, 0.5) is 0 Å². The van der Waals surface area contributed by atoms with Gasteiger partial charge in [-0.3, -0.25) is 0 Å². The summed E-state index contributed by atoms with van der Waals surface area (Å²) < 4.78 is 12.1. The molecule has 3 nitrogen and oxygen atoms in total. The van der Waals surface area contributed by atoms with Crippen molar-refractivity contribution < 1.29 is 14.6 Å². The molecule has 2 rings (SSSR count). The maximum absolute atomic E-state index is 9.00. The number of thioether (sulfide) groups is 1. The van der Waals surface area contributed by atoms with Crippen LogP contribution in [-0.2, 0) is 5.75 Å². The van der Waals surface area contributed by atoms with Gasteiger partial charge in [0, 0.05) is 15.5 Å². The molecule has 1 atom stereocenters. The Morgan fingerprint density at radius 2 is 2.00 bits per heavy atom. The molecule has 0 radical (unpaired) electrons. The molecule has 1 aliphatic heterocycles. The van der Waals surface area contributed by atoms with Crippen LogP contribution in [-0.4, -0.2) is 30.2 Å². The summed E-state index contributed by atoms with van der Waals surface area (Å²) in [5.74, 6) is 2.46. The van der Waals surface area contributed by atoms with E-state index in [4.69, 9.17) is 14.6 Å². The van der Waals surface area contributed by atoms with E-state index in [1.165, 1.54) is 5.56 Å². The smallest absolute Gasteiger partial charge is 0.162 e. The molecule has 1 aromatic rings. The zero-order valence-corrected chi connectivity index (χ0v) is 12.0. The Morgan fingerprint density at radius 3 is 2.65 bits per heavy atom. The zero-order valence-electron chi connectivity index (χ0n) is 9.61. The lowest BCUT2D eigenvalue weighted by atomic mass is 10.2. The first kappa shape index (κ1) is 13.1. The van der Waals surface area contributed by atoms with Gasteiger partial charge < -0.3 is 14.6 Å². The second-order valence-electron chi connectivity index (χ2n) is 3.89. The predicted molar refractivity (Wildman–Crippen MR) is 73.0 cm³/mol. The number of fused-ring (bicyclic) bond motifs is 1. The lowest BCUT2D eigenvalue weighted by Crippen LogP contribution is -2.15. The second kappa shape index (κ2) is 5.98. The second-order valence-corrected chi connectivity index (χ2v) is 6.17. The van der Waals surface area contributed by atoms with Crippen molar-refractivity contribution in [3.8, 4) is 11.5 Å². The SMILES string of the molecule is CC(CO)SCc1cc2c(cc1Br)OCCO2. The molecular formula is C12H15BrO3S. The van der Waals surface area contributed by atoms with Gasteiger partial charge in [0.05, 0.1) is 6.61 Å². The fourth-order valence-electron chi connectivity index (χ4n) is 1.50. The fourth-order valence-corrected chi connectivity index (χ4v) is 2.96. The van der Waals surface area contributed by atoms with Gasteiger partial charge >= 0.3 is 0 Å². The number of benzene rings is 1. The monoisotopic (exact) mass is 318 g/mol. The zero-order chi connectivity index (χ0) is 12.3. The first-order chi connectivity index (χ1) is 8.20. The van der Waals surface area contributed by atoms with Gasteiger partial charge in [-0.05, 0) is 17.7 Å². The van der Waals surface area contributed by atoms with Crippen molar-refractivity contribution in [3.63, 3.8) is 0 Å². The summed E-state index contributed by atoms with van der Waals surface area (Å²) in [5, 5.41) is 9.24. The summed E-state index contributed by atoms with van der Waals surface area (Å²) in [6.45, 7) is 3.42. The standard InChI is InChI=1S/C12H15BrO3S/c1-8(6-14)17-7-9-4-11-12(5-10(9)13)16-3-2-15-11/h4-5,8,14H,2-3,6-7H2,1H3. The minimum Gasteiger partial charge on any atom is -0.486 e. The Morgan fingerprint density at radius 1 is 1.35 bits per heavy atom. The van der Waals surface area contributed by atoms with Crippen molar-refractivity contribution in [1.82, 2.24) is 0 Å². The number of ether oxygens (including phenoxy) is 2. The maximum Gasteiger partial charge on any atom is 0.162 e. The first-order valence-corrected chi connectivity index (χ1v) is 7.35. The van der Waals surface area contributed by atoms with Crippen LogP contribution in [0.3, 0.4) is 0 Å². The molecule has 0 fully saturated rings. The molecule has 0 aliphatic carbocycles. The molecule has 0 spiro atoms. The Hall–Kier alpha value is -0.390. The van der Waals surface area contributed by atoms with Crippen molar-refractivity contribution in [2.45, 2.75) is 17.9 Å². The van der Waals surface area contributed by atoms with Gasteiger partial charge in [0.2, 0.25) is 0 Å². The van der Waals surface area contributed by atoms with Crippen LogP contribution in [0, 0.1) is 0 Å². The predicted octanol–water partition coefficient (Wildman–Crippen LogP) is 2.83. The van der Waals surface area contributed by atoms with Crippen LogP contribution < -0.4 is 9.47 Å². The Kier molecular flexibility index (Phi) is 4.59. The summed E-state index contributed by atoms with van der Waals surface area (Å²) in [4.78, 5) is 0. The van der Waals surface area contributed by atoms with Crippen LogP contribution in [0.15, 0.2) is 16.6 Å². The number of halogens is 1. The van der Waals surface area contributed by atoms with Crippen molar-refractivity contribution in [2.75, 3.05) is 19.8 Å². The van der Waals surface area contributed by atoms with Gasteiger partial charge in [0.25, 0.3) is 0 Å². The summed E-state index contributed by atoms with van der Waals surface area (Å²) >= 11 is 5.25. The number of rotatable bonds is 4. The van der Waals surface area contributed by atoms with Crippen LogP contribution in [0.5, 0.6) is 11.5 Å². The van der Waals surface area contributed by atoms with Crippen molar-refractivity contribution in [2.24, 2.45) is 0 Å². The highest BCUT2D eigenvalue weighted by molar-refractivity contribution is 9.10. The van der Waals surface area contributed by atoms with E-state index in [0.717, 1.165) is 21.7 Å². The Balaban J connectivity index is 2.11. The molecule has 0 bridgehead atoms. The van der Waals surface area contributed by atoms with E-state index in [2.05, 4.69) is 15.9 Å². The summed E-state index contributed by atoms with van der Waals surface area (Å²) in [6.07, 6.45) is 0. The van der Waals surface area contributed by atoms with Gasteiger partial charge in [-0.25, -0.2) is 0 Å². The molecule has 0 saturated heterocycles. The van der Waals surface area contributed by atoms with Crippen molar-refractivity contribution in [3.05, 3.63) is 22.2 Å². The highest BCUT2D eigenvalue weighted by Crippen LogP contribution is 2.37. The molecule has 17 heavy (non-hydrogen) atoms. The molecule has 1 N–H and O–H groups in total. The summed E-state index contributed by atoms with van der Waals surface area (Å²) in [7, 11) is 0. The fraction of sp³-hybridized carbons (Fsp3) is 0.500. The van der Waals surface area contributed by atoms with E-state index in [1.807, 2.05) is 19.1 Å². The molecule has 1 unspecified atom stereocenters. The van der Waals surface area contributed by atoms with Gasteiger partial charge in [-0.1, -0.05) is 22.9 Å². The average molecular weight is 319 g/mol. The van der Waals surface area contributed by atoms with E-state index >= 15 is 0 Å². The Bertz CT molecular complexity index is 398. The van der Waals surface area contributed by atoms with Crippen LogP contribution >= 0.6 is 27.7 Å². The van der Waals surface area contributed by atoms with E-state index < -0.39 is 0 Å². The Labute approximate surface area is 114 Å². The summed E-state index contributed by atoms with van der Waals surface area (Å²) in [5.41, 5.74) is 1.17. The van der Waals surface area contributed by atoms with Gasteiger partial charge in [0.15, 0.2) is 11.5 Å². The largest absolute Gasteiger partial charge is 0.486 e. The van der Waals surface area contributed by atoms with E-state index in [1.54, 1.807) is 11.8 Å². The topological polar surface area (TPSA) is 38.7 Å². The minimum atomic E-state index is 0.201.